The van der Waals surface area contributed by atoms with Crippen molar-refractivity contribution in [3.05, 3.63) is 29.6 Å². The molecule has 0 aliphatic heterocycles. The molecule has 1 atom stereocenters. The summed E-state index contributed by atoms with van der Waals surface area (Å²) in [6.07, 6.45) is 2.13. The van der Waals surface area contributed by atoms with Crippen LogP contribution in [-0.4, -0.2) is 18.1 Å². The number of hydrogen-bond donors (Lipinski definition) is 1. The van der Waals surface area contributed by atoms with Gasteiger partial charge in [0.1, 0.15) is 10.8 Å². The van der Waals surface area contributed by atoms with Gasteiger partial charge in [-0.15, -0.1) is 0 Å². The molecule has 1 rings (SSSR count). The van der Waals surface area contributed by atoms with Crippen LogP contribution in [0.5, 0.6) is 0 Å². The van der Waals surface area contributed by atoms with Crippen molar-refractivity contribution < 1.29 is 4.39 Å². The number of benzene rings is 1. The zero-order chi connectivity index (χ0) is 13.0. The molecule has 0 saturated heterocycles. The molecule has 0 aliphatic carbocycles. The summed E-state index contributed by atoms with van der Waals surface area (Å²) in [6.45, 7) is 4.24. The van der Waals surface area contributed by atoms with Gasteiger partial charge in [0, 0.05) is 18.8 Å². The second kappa shape index (κ2) is 5.96. The Kier molecular flexibility index (Phi) is 4.87. The van der Waals surface area contributed by atoms with E-state index in [1.807, 2.05) is 18.0 Å². The Morgan fingerprint density at radius 3 is 2.71 bits per heavy atom. The smallest absolute Gasteiger partial charge is 0.135 e. The maximum atomic E-state index is 13.7. The van der Waals surface area contributed by atoms with E-state index >= 15 is 0 Å². The van der Waals surface area contributed by atoms with Crippen molar-refractivity contribution in [2.24, 2.45) is 5.73 Å². The van der Waals surface area contributed by atoms with Crippen molar-refractivity contribution in [3.63, 3.8) is 0 Å². The Bertz CT molecular complexity index is 406. The third-order valence-electron chi connectivity index (χ3n) is 2.99. The molecular weight excluding hydrogens is 235 g/mol. The van der Waals surface area contributed by atoms with Crippen LogP contribution in [0.4, 0.5) is 10.1 Å². The van der Waals surface area contributed by atoms with Gasteiger partial charge in [-0.25, -0.2) is 4.39 Å². The zero-order valence-electron chi connectivity index (χ0n) is 10.5. The van der Waals surface area contributed by atoms with Gasteiger partial charge in [-0.1, -0.05) is 31.6 Å². The number of anilines is 1. The molecule has 17 heavy (non-hydrogen) atoms. The van der Waals surface area contributed by atoms with Crippen LogP contribution < -0.4 is 10.6 Å². The predicted molar refractivity (Wildman–Crippen MR) is 75.1 cm³/mol. The monoisotopic (exact) mass is 254 g/mol. The topological polar surface area (TPSA) is 29.3 Å². The van der Waals surface area contributed by atoms with Gasteiger partial charge in [-0.3, -0.25) is 0 Å². The van der Waals surface area contributed by atoms with E-state index in [1.54, 1.807) is 6.07 Å². The third kappa shape index (κ3) is 3.16. The maximum absolute atomic E-state index is 13.7. The van der Waals surface area contributed by atoms with Gasteiger partial charge in [0.25, 0.3) is 0 Å². The first-order valence-corrected chi connectivity index (χ1v) is 6.21. The molecule has 0 amide bonds. The molecule has 0 heterocycles. The molecule has 0 aliphatic rings. The summed E-state index contributed by atoms with van der Waals surface area (Å²) in [4.78, 5) is 2.13. The van der Waals surface area contributed by atoms with Crippen LogP contribution in [0.1, 0.15) is 32.3 Å². The van der Waals surface area contributed by atoms with E-state index in [9.17, 15) is 4.39 Å². The first-order valence-electron chi connectivity index (χ1n) is 5.80. The molecule has 2 nitrogen and oxygen atoms in total. The largest absolute Gasteiger partial charge is 0.389 e. The van der Waals surface area contributed by atoms with Gasteiger partial charge in [-0.05, 0) is 25.5 Å². The Balaban J connectivity index is 3.13. The lowest BCUT2D eigenvalue weighted by Crippen LogP contribution is -2.31. The summed E-state index contributed by atoms with van der Waals surface area (Å²) < 4.78 is 13.7. The highest BCUT2D eigenvalue weighted by Crippen LogP contribution is 2.24. The minimum Gasteiger partial charge on any atom is -0.389 e. The summed E-state index contributed by atoms with van der Waals surface area (Å²) >= 11 is 4.92. The summed E-state index contributed by atoms with van der Waals surface area (Å²) in [5.41, 5.74) is 6.70. The molecular formula is C13H19FN2S. The van der Waals surface area contributed by atoms with Crippen LogP contribution >= 0.6 is 12.2 Å². The maximum Gasteiger partial charge on any atom is 0.135 e. The van der Waals surface area contributed by atoms with Gasteiger partial charge >= 0.3 is 0 Å². The predicted octanol–water partition coefficient (Wildman–Crippen LogP) is 3.08. The highest BCUT2D eigenvalue weighted by molar-refractivity contribution is 7.80. The van der Waals surface area contributed by atoms with Crippen molar-refractivity contribution in [1.29, 1.82) is 0 Å². The number of thiocarbonyl (C=S) groups is 1. The number of rotatable bonds is 5. The van der Waals surface area contributed by atoms with Crippen LogP contribution in [0.2, 0.25) is 0 Å². The van der Waals surface area contributed by atoms with E-state index in [1.165, 1.54) is 6.07 Å². The first-order chi connectivity index (χ1) is 7.99. The molecule has 0 bridgehead atoms. The molecule has 0 spiro atoms. The van der Waals surface area contributed by atoms with Crippen LogP contribution in [-0.2, 0) is 0 Å². The Labute approximate surface area is 108 Å². The fourth-order valence-electron chi connectivity index (χ4n) is 1.90. The molecule has 0 fully saturated rings. The molecule has 0 saturated carbocycles. The zero-order valence-corrected chi connectivity index (χ0v) is 11.4. The summed E-state index contributed by atoms with van der Waals surface area (Å²) in [5, 5.41) is 0. The molecule has 4 heteroatoms. The number of halogens is 1. The van der Waals surface area contributed by atoms with E-state index in [0.29, 0.717) is 11.6 Å². The third-order valence-corrected chi connectivity index (χ3v) is 3.19. The van der Waals surface area contributed by atoms with E-state index in [0.717, 1.165) is 18.5 Å². The summed E-state index contributed by atoms with van der Waals surface area (Å²) in [6, 6.07) is 5.25. The highest BCUT2D eigenvalue weighted by atomic mass is 32.1. The van der Waals surface area contributed by atoms with Crippen LogP contribution in [0.25, 0.3) is 0 Å². The van der Waals surface area contributed by atoms with E-state index < -0.39 is 0 Å². The lowest BCUT2D eigenvalue weighted by molar-refractivity contribution is 0.604. The molecule has 94 valence electrons. The van der Waals surface area contributed by atoms with Crippen molar-refractivity contribution in [2.75, 3.05) is 11.9 Å². The minimum absolute atomic E-state index is 0.105. The Morgan fingerprint density at radius 1 is 1.53 bits per heavy atom. The second-order valence-corrected chi connectivity index (χ2v) is 4.69. The van der Waals surface area contributed by atoms with Gasteiger partial charge in [-0.2, -0.15) is 0 Å². The van der Waals surface area contributed by atoms with Gasteiger partial charge in [0.15, 0.2) is 0 Å². The SMILES string of the molecule is CCCC(C)N(C)c1cccc(F)c1C(N)=S. The Morgan fingerprint density at radius 2 is 2.18 bits per heavy atom. The van der Waals surface area contributed by atoms with Gasteiger partial charge in [0.05, 0.1) is 5.56 Å². The fraction of sp³-hybridized carbons (Fsp3) is 0.462. The highest BCUT2D eigenvalue weighted by Gasteiger charge is 2.17. The second-order valence-electron chi connectivity index (χ2n) is 4.25. The Hall–Kier alpha value is -1.16. The van der Waals surface area contributed by atoms with E-state index in [-0.39, 0.29) is 10.8 Å². The van der Waals surface area contributed by atoms with Crippen molar-refractivity contribution >= 4 is 22.9 Å². The lowest BCUT2D eigenvalue weighted by atomic mass is 10.1. The first kappa shape index (κ1) is 13.9. The van der Waals surface area contributed by atoms with Crippen LogP contribution in [0.15, 0.2) is 18.2 Å². The molecule has 1 unspecified atom stereocenters. The number of hydrogen-bond acceptors (Lipinski definition) is 2. The molecule has 0 radical (unpaired) electrons. The fourth-order valence-corrected chi connectivity index (χ4v) is 2.10. The van der Waals surface area contributed by atoms with E-state index in [4.69, 9.17) is 18.0 Å². The summed E-state index contributed by atoms with van der Waals surface area (Å²) in [5.74, 6) is -0.356. The normalized spacial score (nSPS) is 12.2. The average Bonchev–Trinajstić information content (AvgIpc) is 2.27. The van der Waals surface area contributed by atoms with Crippen molar-refractivity contribution in [3.8, 4) is 0 Å². The quantitative estimate of drug-likeness (QED) is 0.819. The van der Waals surface area contributed by atoms with Crippen LogP contribution in [0.3, 0.4) is 0 Å². The van der Waals surface area contributed by atoms with Gasteiger partial charge in [0.2, 0.25) is 0 Å². The lowest BCUT2D eigenvalue weighted by Gasteiger charge is -2.28. The minimum atomic E-state index is -0.356. The van der Waals surface area contributed by atoms with E-state index in [2.05, 4.69) is 13.8 Å². The van der Waals surface area contributed by atoms with Crippen molar-refractivity contribution in [1.82, 2.24) is 0 Å². The molecule has 1 aromatic rings. The van der Waals surface area contributed by atoms with Crippen LogP contribution in [0, 0.1) is 5.82 Å². The van der Waals surface area contributed by atoms with Crippen molar-refractivity contribution in [2.45, 2.75) is 32.7 Å². The van der Waals surface area contributed by atoms with Gasteiger partial charge < -0.3 is 10.6 Å². The summed E-state index contributed by atoms with van der Waals surface area (Å²) in [7, 11) is 1.94. The molecule has 0 aromatic heterocycles. The number of nitrogens with zero attached hydrogens (tertiary/aromatic N) is 1. The number of nitrogens with two attached hydrogens (primary N) is 1. The molecule has 2 N–H and O–H groups in total. The average molecular weight is 254 g/mol. The standard InChI is InChI=1S/C13H19FN2S/c1-4-6-9(2)16(3)11-8-5-7-10(14)12(11)13(15)17/h5,7-9H,4,6H2,1-3H3,(H2,15,17). The molecule has 1 aromatic carbocycles.